The first-order valence-corrected chi connectivity index (χ1v) is 11.1. The van der Waals surface area contributed by atoms with Gasteiger partial charge in [0.25, 0.3) is 10.1 Å². The van der Waals surface area contributed by atoms with Gasteiger partial charge in [0.2, 0.25) is 0 Å². The van der Waals surface area contributed by atoms with Crippen LogP contribution in [0, 0.1) is 20.8 Å². The molecular formula is C23H22O7S. The normalized spacial score (nSPS) is 11.4. The third kappa shape index (κ3) is 5.68. The zero-order valence-electron chi connectivity index (χ0n) is 17.3. The predicted molar refractivity (Wildman–Crippen MR) is 116 cm³/mol. The Bertz CT molecular complexity index is 1250. The Kier molecular flexibility index (Phi) is 6.42. The van der Waals surface area contributed by atoms with Crippen LogP contribution in [0.3, 0.4) is 0 Å². The highest BCUT2D eigenvalue weighted by atomic mass is 32.2. The van der Waals surface area contributed by atoms with Crippen molar-refractivity contribution in [3.63, 3.8) is 0 Å². The van der Waals surface area contributed by atoms with E-state index >= 15 is 0 Å². The Morgan fingerprint density at radius 3 is 1.87 bits per heavy atom. The molecule has 0 unspecified atom stereocenters. The number of hydrogen-bond acceptors (Lipinski definition) is 6. The summed E-state index contributed by atoms with van der Waals surface area (Å²) in [6.45, 7) is 5.31. The Balaban J connectivity index is 1.77. The molecule has 0 aliphatic carbocycles. The molecular weight excluding hydrogens is 420 g/mol. The number of rotatable bonds is 6. The maximum Gasteiger partial charge on any atom is 0.343 e. The van der Waals surface area contributed by atoms with Crippen LogP contribution in [0.5, 0.6) is 5.75 Å². The zero-order chi connectivity index (χ0) is 22.8. The smallest absolute Gasteiger partial charge is 0.343 e. The number of aryl methyl sites for hydroxylation is 3. The monoisotopic (exact) mass is 442 g/mol. The van der Waals surface area contributed by atoms with Gasteiger partial charge in [-0.15, -0.1) is 0 Å². The maximum absolute atomic E-state index is 12.7. The molecule has 1 N–H and O–H groups in total. The largest absolute Gasteiger partial charge is 0.461 e. The van der Waals surface area contributed by atoms with Crippen LogP contribution in [0.25, 0.3) is 10.8 Å². The maximum atomic E-state index is 12.7. The van der Waals surface area contributed by atoms with E-state index in [9.17, 15) is 18.0 Å². The van der Waals surface area contributed by atoms with Gasteiger partial charge in [-0.25, -0.2) is 9.59 Å². The van der Waals surface area contributed by atoms with Gasteiger partial charge in [-0.1, -0.05) is 29.8 Å². The molecule has 0 saturated carbocycles. The molecule has 0 bridgehead atoms. The average Bonchev–Trinajstić information content (AvgIpc) is 2.68. The molecule has 0 fully saturated rings. The first kappa shape index (κ1) is 22.5. The number of carbonyl (C=O) groups excluding carboxylic acids is 2. The SMILES string of the molecule is Cc1cc(C)c(OC(=O)c2ccc3cc(C(=O)OCCS(=O)(=O)O)ccc3c2)c(C)c1. The van der Waals surface area contributed by atoms with Crippen molar-refractivity contribution >= 4 is 32.8 Å². The molecule has 0 heterocycles. The summed E-state index contributed by atoms with van der Waals surface area (Å²) in [5.41, 5.74) is 3.44. The molecule has 0 atom stereocenters. The highest BCUT2D eigenvalue weighted by Gasteiger charge is 2.15. The third-order valence-electron chi connectivity index (χ3n) is 4.69. The summed E-state index contributed by atoms with van der Waals surface area (Å²) in [6, 6.07) is 13.6. The Morgan fingerprint density at radius 2 is 1.35 bits per heavy atom. The van der Waals surface area contributed by atoms with Crippen molar-refractivity contribution in [1.82, 2.24) is 0 Å². The van der Waals surface area contributed by atoms with Crippen LogP contribution in [0.2, 0.25) is 0 Å². The molecule has 0 aliphatic rings. The van der Waals surface area contributed by atoms with Crippen LogP contribution in [-0.2, 0) is 14.9 Å². The first-order valence-electron chi connectivity index (χ1n) is 9.49. The Labute approximate surface area is 180 Å². The molecule has 3 aromatic rings. The topological polar surface area (TPSA) is 107 Å². The number of ether oxygens (including phenoxy) is 2. The van der Waals surface area contributed by atoms with Gasteiger partial charge >= 0.3 is 11.9 Å². The molecule has 7 nitrogen and oxygen atoms in total. The minimum atomic E-state index is -4.20. The Hall–Kier alpha value is -3.23. The number of fused-ring (bicyclic) bond motifs is 1. The molecule has 3 aromatic carbocycles. The highest BCUT2D eigenvalue weighted by molar-refractivity contribution is 7.85. The summed E-state index contributed by atoms with van der Waals surface area (Å²) in [6.07, 6.45) is 0. The molecule has 0 radical (unpaired) electrons. The summed E-state index contributed by atoms with van der Waals surface area (Å²) >= 11 is 0. The lowest BCUT2D eigenvalue weighted by molar-refractivity contribution is 0.0528. The van der Waals surface area contributed by atoms with Crippen LogP contribution in [0.1, 0.15) is 37.4 Å². The minimum absolute atomic E-state index is 0.226. The van der Waals surface area contributed by atoms with Gasteiger partial charge in [-0.05, 0) is 66.9 Å². The van der Waals surface area contributed by atoms with E-state index in [4.69, 9.17) is 14.0 Å². The van der Waals surface area contributed by atoms with Crippen molar-refractivity contribution in [1.29, 1.82) is 0 Å². The summed E-state index contributed by atoms with van der Waals surface area (Å²) in [4.78, 5) is 24.7. The second-order valence-electron chi connectivity index (χ2n) is 7.32. The average molecular weight is 442 g/mol. The van der Waals surface area contributed by atoms with Crippen molar-refractivity contribution < 1.29 is 32.0 Å². The molecule has 0 saturated heterocycles. The molecule has 0 amide bonds. The number of benzene rings is 3. The molecule has 3 rings (SSSR count). The molecule has 31 heavy (non-hydrogen) atoms. The fraction of sp³-hybridized carbons (Fsp3) is 0.217. The fourth-order valence-corrected chi connectivity index (χ4v) is 3.60. The van der Waals surface area contributed by atoms with Gasteiger partial charge in [0.05, 0.1) is 11.1 Å². The molecule has 0 aliphatic heterocycles. The molecule has 8 heteroatoms. The van der Waals surface area contributed by atoms with Crippen molar-refractivity contribution in [3.05, 3.63) is 76.3 Å². The number of hydrogen-bond donors (Lipinski definition) is 1. The van der Waals surface area contributed by atoms with E-state index in [2.05, 4.69) is 0 Å². The van der Waals surface area contributed by atoms with E-state index in [-0.39, 0.29) is 5.56 Å². The highest BCUT2D eigenvalue weighted by Crippen LogP contribution is 2.26. The van der Waals surface area contributed by atoms with Crippen LogP contribution < -0.4 is 4.74 Å². The van der Waals surface area contributed by atoms with Crippen LogP contribution in [0.15, 0.2) is 48.5 Å². The predicted octanol–water partition coefficient (Wildman–Crippen LogP) is 4.03. The lowest BCUT2D eigenvalue weighted by Crippen LogP contribution is -2.14. The molecule has 0 aromatic heterocycles. The summed E-state index contributed by atoms with van der Waals surface area (Å²) in [7, 11) is -4.20. The second-order valence-corrected chi connectivity index (χ2v) is 8.89. The third-order valence-corrected chi connectivity index (χ3v) is 5.37. The van der Waals surface area contributed by atoms with E-state index < -0.39 is 34.4 Å². The van der Waals surface area contributed by atoms with Crippen molar-refractivity contribution in [3.8, 4) is 5.75 Å². The van der Waals surface area contributed by atoms with Crippen molar-refractivity contribution in [2.45, 2.75) is 20.8 Å². The fourth-order valence-electron chi connectivity index (χ4n) is 3.30. The van der Waals surface area contributed by atoms with Crippen LogP contribution in [-0.4, -0.2) is 37.3 Å². The lowest BCUT2D eigenvalue weighted by atomic mass is 10.0. The number of carbonyl (C=O) groups is 2. The lowest BCUT2D eigenvalue weighted by Gasteiger charge is -2.12. The first-order chi connectivity index (χ1) is 14.5. The van der Waals surface area contributed by atoms with E-state index in [0.717, 1.165) is 22.1 Å². The summed E-state index contributed by atoms with van der Waals surface area (Å²) in [5, 5.41) is 1.42. The van der Waals surface area contributed by atoms with Crippen LogP contribution in [0.4, 0.5) is 0 Å². The zero-order valence-corrected chi connectivity index (χ0v) is 18.2. The van der Waals surface area contributed by atoms with Crippen LogP contribution >= 0.6 is 0 Å². The van der Waals surface area contributed by atoms with Gasteiger partial charge in [0, 0.05) is 0 Å². The van der Waals surface area contributed by atoms with E-state index in [1.807, 2.05) is 32.9 Å². The molecule has 162 valence electrons. The van der Waals surface area contributed by atoms with E-state index in [1.54, 1.807) is 30.3 Å². The summed E-state index contributed by atoms with van der Waals surface area (Å²) < 4.78 is 40.6. The standard InChI is InChI=1S/C23H22O7S/c1-14-10-15(2)21(16(3)11-14)30-23(25)20-7-5-17-12-19(6-4-18(17)13-20)22(24)29-8-9-31(26,27)28/h4-7,10-13H,8-9H2,1-3H3,(H,26,27,28). The van der Waals surface area contributed by atoms with Crippen molar-refractivity contribution in [2.75, 3.05) is 12.4 Å². The van der Waals surface area contributed by atoms with Gasteiger partial charge in [-0.2, -0.15) is 8.42 Å². The van der Waals surface area contributed by atoms with E-state index in [1.165, 1.54) is 6.07 Å². The van der Waals surface area contributed by atoms with Gasteiger partial charge in [0.15, 0.2) is 0 Å². The summed E-state index contributed by atoms with van der Waals surface area (Å²) in [5.74, 6) is -1.32. The number of esters is 2. The quantitative estimate of drug-likeness (QED) is 0.349. The van der Waals surface area contributed by atoms with Gasteiger partial charge in [-0.3, -0.25) is 4.55 Å². The molecule has 0 spiro atoms. The Morgan fingerprint density at radius 1 is 0.839 bits per heavy atom. The minimum Gasteiger partial charge on any atom is -0.461 e. The van der Waals surface area contributed by atoms with Crippen molar-refractivity contribution in [2.24, 2.45) is 0 Å². The van der Waals surface area contributed by atoms with Gasteiger partial charge < -0.3 is 9.47 Å². The second kappa shape index (κ2) is 8.87. The van der Waals surface area contributed by atoms with E-state index in [0.29, 0.717) is 16.7 Å². The van der Waals surface area contributed by atoms with Gasteiger partial charge in [0.1, 0.15) is 18.1 Å².